The Labute approximate surface area is 166 Å². The summed E-state index contributed by atoms with van der Waals surface area (Å²) >= 11 is 0. The van der Waals surface area contributed by atoms with E-state index in [1.165, 1.54) is 25.2 Å². The minimum Gasteiger partial charge on any atom is -0.324 e. The highest BCUT2D eigenvalue weighted by molar-refractivity contribution is 7.90. The molecule has 0 aromatic heterocycles. The molecule has 7 nitrogen and oxygen atoms in total. The van der Waals surface area contributed by atoms with Gasteiger partial charge < -0.3 is 5.73 Å². The fraction of sp³-hybridized carbons (Fsp3) is 0.294. The van der Waals surface area contributed by atoms with Crippen LogP contribution >= 0.6 is 12.4 Å². The normalized spacial score (nSPS) is 13.0. The van der Waals surface area contributed by atoms with E-state index >= 15 is 0 Å². The maximum Gasteiger partial charge on any atom is 0.240 e. The number of benzene rings is 2. The molecule has 0 bridgehead atoms. The number of aryl methyl sites for hydroxylation is 1. The fourth-order valence-electron chi connectivity index (χ4n) is 2.40. The van der Waals surface area contributed by atoms with Gasteiger partial charge in [-0.25, -0.2) is 26.3 Å². The van der Waals surface area contributed by atoms with E-state index in [4.69, 9.17) is 5.73 Å². The molecular weight excluding hydrogens is 410 g/mol. The van der Waals surface area contributed by atoms with Crippen molar-refractivity contribution in [2.75, 3.05) is 7.05 Å². The van der Waals surface area contributed by atoms with Crippen molar-refractivity contribution < 1.29 is 16.8 Å². The number of sulfonamides is 2. The Morgan fingerprint density at radius 3 is 2.07 bits per heavy atom. The van der Waals surface area contributed by atoms with Crippen molar-refractivity contribution in [3.8, 4) is 0 Å². The van der Waals surface area contributed by atoms with Gasteiger partial charge in [-0.15, -0.1) is 12.4 Å². The third-order valence-corrected chi connectivity index (χ3v) is 6.96. The first-order valence-electron chi connectivity index (χ1n) is 7.95. The van der Waals surface area contributed by atoms with Crippen molar-refractivity contribution in [3.05, 3.63) is 59.2 Å². The largest absolute Gasteiger partial charge is 0.324 e. The molecule has 0 radical (unpaired) electrons. The number of rotatable bonds is 7. The smallest absolute Gasteiger partial charge is 0.240 e. The molecule has 150 valence electrons. The lowest BCUT2D eigenvalue weighted by Crippen LogP contribution is -2.24. The molecule has 2 rings (SSSR count). The van der Waals surface area contributed by atoms with Crippen molar-refractivity contribution in [2.45, 2.75) is 36.2 Å². The van der Waals surface area contributed by atoms with E-state index in [1.54, 1.807) is 6.92 Å². The van der Waals surface area contributed by atoms with Crippen molar-refractivity contribution in [2.24, 2.45) is 5.73 Å². The van der Waals surface area contributed by atoms with Crippen LogP contribution in [0.15, 0.2) is 52.3 Å². The summed E-state index contributed by atoms with van der Waals surface area (Å²) in [6, 6.07) is 11.2. The molecule has 0 heterocycles. The van der Waals surface area contributed by atoms with Crippen LogP contribution in [0.4, 0.5) is 0 Å². The average Bonchev–Trinajstić information content (AvgIpc) is 2.60. The van der Waals surface area contributed by atoms with Crippen molar-refractivity contribution in [3.63, 3.8) is 0 Å². The van der Waals surface area contributed by atoms with Crippen molar-refractivity contribution >= 4 is 32.5 Å². The molecule has 2 aromatic rings. The van der Waals surface area contributed by atoms with Gasteiger partial charge in [0, 0.05) is 12.6 Å². The highest BCUT2D eigenvalue weighted by atomic mass is 35.5. The average molecular weight is 434 g/mol. The minimum atomic E-state index is -3.77. The summed E-state index contributed by atoms with van der Waals surface area (Å²) < 4.78 is 53.4. The van der Waals surface area contributed by atoms with E-state index < -0.39 is 20.0 Å². The van der Waals surface area contributed by atoms with E-state index in [-0.39, 0.29) is 34.8 Å². The molecule has 0 fully saturated rings. The van der Waals surface area contributed by atoms with Gasteiger partial charge in [0.25, 0.3) is 0 Å². The Morgan fingerprint density at radius 1 is 1.00 bits per heavy atom. The molecule has 0 aliphatic heterocycles. The second-order valence-electron chi connectivity index (χ2n) is 5.99. The zero-order chi connectivity index (χ0) is 19.5. The molecule has 0 saturated carbocycles. The van der Waals surface area contributed by atoms with Crippen LogP contribution in [0.5, 0.6) is 0 Å². The Hall–Kier alpha value is -1.49. The van der Waals surface area contributed by atoms with Gasteiger partial charge in [0.05, 0.1) is 9.79 Å². The monoisotopic (exact) mass is 433 g/mol. The second-order valence-corrected chi connectivity index (χ2v) is 9.61. The van der Waals surface area contributed by atoms with Crippen LogP contribution in [0.25, 0.3) is 0 Å². The van der Waals surface area contributed by atoms with Crippen LogP contribution < -0.4 is 15.2 Å². The molecule has 0 amide bonds. The van der Waals surface area contributed by atoms with Gasteiger partial charge in [0.15, 0.2) is 0 Å². The van der Waals surface area contributed by atoms with Gasteiger partial charge in [-0.2, -0.15) is 0 Å². The van der Waals surface area contributed by atoms with Gasteiger partial charge >= 0.3 is 0 Å². The maximum absolute atomic E-state index is 12.5. The van der Waals surface area contributed by atoms with E-state index in [2.05, 4.69) is 9.44 Å². The molecule has 0 aliphatic rings. The van der Waals surface area contributed by atoms with E-state index in [1.807, 2.05) is 31.2 Å². The molecule has 10 heteroatoms. The predicted octanol–water partition coefficient (Wildman–Crippen LogP) is 1.82. The maximum atomic E-state index is 12.5. The molecule has 0 spiro atoms. The van der Waals surface area contributed by atoms with Crippen LogP contribution in [0.2, 0.25) is 0 Å². The molecular formula is C17H24ClN3O4S2. The van der Waals surface area contributed by atoms with E-state index in [0.29, 0.717) is 5.56 Å². The summed E-state index contributed by atoms with van der Waals surface area (Å²) in [6.07, 6.45) is 0. The number of hydrogen-bond acceptors (Lipinski definition) is 5. The van der Waals surface area contributed by atoms with Crippen molar-refractivity contribution in [1.82, 2.24) is 9.44 Å². The summed E-state index contributed by atoms with van der Waals surface area (Å²) in [4.78, 5) is 0.0581. The minimum absolute atomic E-state index is 0. The van der Waals surface area contributed by atoms with Crippen LogP contribution in [-0.2, 0) is 26.6 Å². The molecule has 1 unspecified atom stereocenters. The molecule has 27 heavy (non-hydrogen) atoms. The Balaban J connectivity index is 0.00000364. The van der Waals surface area contributed by atoms with Gasteiger partial charge in [0.1, 0.15) is 0 Å². The standard InChI is InChI=1S/C17H23N3O4S2.ClH/c1-12-10-16(8-9-17(12)26(23,24)19-3)25(21,22)20-11-14-4-6-15(7-5-14)13(2)18;/h4-10,13,19-20H,11,18H2,1-3H3;1H. The Kier molecular flexibility index (Phi) is 7.97. The van der Waals surface area contributed by atoms with Gasteiger partial charge in [-0.3, -0.25) is 0 Å². The summed E-state index contributed by atoms with van der Waals surface area (Å²) in [5.41, 5.74) is 7.90. The molecule has 0 aliphatic carbocycles. The number of nitrogens with one attached hydrogen (secondary N) is 2. The molecule has 1 atom stereocenters. The summed E-state index contributed by atoms with van der Waals surface area (Å²) in [7, 11) is -6.10. The van der Waals surface area contributed by atoms with E-state index in [9.17, 15) is 16.8 Å². The zero-order valence-corrected chi connectivity index (χ0v) is 17.7. The lowest BCUT2D eigenvalue weighted by Gasteiger charge is -2.11. The first-order valence-corrected chi connectivity index (χ1v) is 10.9. The summed E-state index contributed by atoms with van der Waals surface area (Å²) in [5, 5.41) is 0. The number of halogens is 1. The van der Waals surface area contributed by atoms with Crippen LogP contribution in [0.3, 0.4) is 0 Å². The van der Waals surface area contributed by atoms with Gasteiger partial charge in [-0.05, 0) is 55.8 Å². The Morgan fingerprint density at radius 2 is 1.59 bits per heavy atom. The highest BCUT2D eigenvalue weighted by Crippen LogP contribution is 2.20. The van der Waals surface area contributed by atoms with Crippen LogP contribution in [-0.4, -0.2) is 23.9 Å². The number of nitrogens with two attached hydrogens (primary N) is 1. The topological polar surface area (TPSA) is 118 Å². The molecule has 2 aromatic carbocycles. The van der Waals surface area contributed by atoms with Gasteiger partial charge in [0.2, 0.25) is 20.0 Å². The fourth-order valence-corrected chi connectivity index (χ4v) is 4.45. The lowest BCUT2D eigenvalue weighted by atomic mass is 10.1. The second kappa shape index (κ2) is 9.13. The number of hydrogen-bond donors (Lipinski definition) is 3. The van der Waals surface area contributed by atoms with Crippen molar-refractivity contribution in [1.29, 1.82) is 0 Å². The van der Waals surface area contributed by atoms with Crippen LogP contribution in [0.1, 0.15) is 29.7 Å². The first kappa shape index (κ1) is 23.5. The predicted molar refractivity (Wildman–Crippen MR) is 108 cm³/mol. The van der Waals surface area contributed by atoms with Gasteiger partial charge in [-0.1, -0.05) is 24.3 Å². The molecule has 0 saturated heterocycles. The zero-order valence-electron chi connectivity index (χ0n) is 15.3. The van der Waals surface area contributed by atoms with E-state index in [0.717, 1.165) is 11.1 Å². The van der Waals surface area contributed by atoms with Crippen LogP contribution in [0, 0.1) is 6.92 Å². The SMILES string of the molecule is CNS(=O)(=O)c1ccc(S(=O)(=O)NCc2ccc(C(C)N)cc2)cc1C.Cl. The Bertz CT molecular complexity index is 989. The lowest BCUT2D eigenvalue weighted by molar-refractivity contribution is 0.579. The third kappa shape index (κ3) is 5.74. The first-order chi connectivity index (χ1) is 12.1. The summed E-state index contributed by atoms with van der Waals surface area (Å²) in [5.74, 6) is 0. The summed E-state index contributed by atoms with van der Waals surface area (Å²) in [6.45, 7) is 3.55. The molecule has 4 N–H and O–H groups in total. The third-order valence-electron chi connectivity index (χ3n) is 3.99. The highest BCUT2D eigenvalue weighted by Gasteiger charge is 2.19. The quantitative estimate of drug-likeness (QED) is 0.615.